The Kier molecular flexibility index (Phi) is 34.0. The number of benzene rings is 15. The molecule has 148 heavy (non-hydrogen) atoms. The van der Waals surface area contributed by atoms with E-state index in [1.165, 1.54) is 18.2 Å². The molecule has 18 aromatic rings. The fourth-order valence-electron chi connectivity index (χ4n) is 15.9. The minimum absolute atomic E-state index is 0.0498. The first-order valence-electron chi connectivity index (χ1n) is 48.9. The SMILES string of the molecule is CC(CO)COC(=O)C(C)Oc1ccc(-c2nc(-c3ccc(-c4ccccc4)cc3)nc(-c3ccc(-c4ccccc4)cc3)n2)c(O)c1.CC(Oc1ccc(-c2nc(-c3ccc(-c4ccccc4)cc3)nc(-c3ccc(-c4ccccc4)cc3)n2)c(O)c1)C(=O)OCC(C)(C)CO.CCC(CC)(CO)COC(=O)C(C)Oc1ccc(-c2nc(-c3ccc(-c4ccccc4)cc3)nc(-c3ccc(-c4ccccc4)cc3)n2)c(O)c1. The first-order valence-corrected chi connectivity index (χ1v) is 48.9. The van der Waals surface area contributed by atoms with Gasteiger partial charge in [0.15, 0.2) is 70.7 Å². The molecule has 0 saturated heterocycles. The van der Waals surface area contributed by atoms with Crippen molar-refractivity contribution in [2.45, 2.75) is 86.5 Å². The van der Waals surface area contributed by atoms with Crippen molar-refractivity contribution in [1.29, 1.82) is 0 Å². The maximum Gasteiger partial charge on any atom is 0.347 e. The van der Waals surface area contributed by atoms with Gasteiger partial charge in [-0.1, -0.05) is 362 Å². The number of aromatic hydroxyl groups is 3. The molecule has 0 aliphatic carbocycles. The average Bonchev–Trinajstić information content (AvgIpc) is 0.791. The molecule has 24 heteroatoms. The number of hydrogen-bond acceptors (Lipinski definition) is 24. The van der Waals surface area contributed by atoms with E-state index in [1.807, 2.05) is 269 Å². The summed E-state index contributed by atoms with van der Waals surface area (Å²) >= 11 is 0. The lowest BCUT2D eigenvalue weighted by molar-refractivity contribution is -0.156. The topological polar surface area (TPSA) is 344 Å². The summed E-state index contributed by atoms with van der Waals surface area (Å²) < 4.78 is 33.4. The van der Waals surface area contributed by atoms with Crippen molar-refractivity contribution in [2.24, 2.45) is 16.7 Å². The summed E-state index contributed by atoms with van der Waals surface area (Å²) in [6, 6.07) is 123. The van der Waals surface area contributed by atoms with Gasteiger partial charge in [0, 0.05) is 74.9 Å². The number of phenolic OH excluding ortho intramolecular Hbond substituents is 3. The molecule has 0 amide bonds. The summed E-state index contributed by atoms with van der Waals surface area (Å²) in [5.74, 6) is 2.16. The van der Waals surface area contributed by atoms with Crippen LogP contribution in [0, 0.1) is 16.7 Å². The minimum Gasteiger partial charge on any atom is -0.507 e. The van der Waals surface area contributed by atoms with Crippen molar-refractivity contribution in [3.8, 4) is 204 Å². The molecular weight excluding hydrogens is 1860 g/mol. The number of hydrogen-bond donors (Lipinski definition) is 6. The fraction of sp³-hybridized carbons (Fsp3) is 0.177. The largest absolute Gasteiger partial charge is 0.507 e. The van der Waals surface area contributed by atoms with Crippen LogP contribution in [0.5, 0.6) is 34.5 Å². The summed E-state index contributed by atoms with van der Waals surface area (Å²) in [6.45, 7) is 13.9. The van der Waals surface area contributed by atoms with Crippen molar-refractivity contribution in [2.75, 3.05) is 39.6 Å². The van der Waals surface area contributed by atoms with Gasteiger partial charge in [-0.15, -0.1) is 0 Å². The number of ether oxygens (including phenoxy) is 6. The van der Waals surface area contributed by atoms with Gasteiger partial charge in [0.25, 0.3) is 0 Å². The Hall–Kier alpha value is -17.6. The first-order chi connectivity index (χ1) is 71.9. The maximum atomic E-state index is 12.7. The second-order valence-corrected chi connectivity index (χ2v) is 36.7. The predicted octanol–water partition coefficient (Wildman–Crippen LogP) is 25.1. The third-order valence-corrected chi connectivity index (χ3v) is 25.2. The van der Waals surface area contributed by atoms with Crippen LogP contribution >= 0.6 is 0 Å². The molecule has 0 saturated carbocycles. The molecule has 744 valence electrons. The van der Waals surface area contributed by atoms with Crippen molar-refractivity contribution in [3.05, 3.63) is 382 Å². The Morgan fingerprint density at radius 2 is 0.459 bits per heavy atom. The molecule has 0 radical (unpaired) electrons. The van der Waals surface area contributed by atoms with Crippen LogP contribution in [0.2, 0.25) is 0 Å². The molecule has 4 atom stereocenters. The van der Waals surface area contributed by atoms with Crippen molar-refractivity contribution in [3.63, 3.8) is 0 Å². The van der Waals surface area contributed by atoms with Gasteiger partial charge in [-0.25, -0.2) is 59.2 Å². The van der Waals surface area contributed by atoms with E-state index in [2.05, 4.69) is 72.8 Å². The van der Waals surface area contributed by atoms with E-state index in [1.54, 1.807) is 77.9 Å². The highest BCUT2D eigenvalue weighted by Crippen LogP contribution is 2.41. The summed E-state index contributed by atoms with van der Waals surface area (Å²) in [6.07, 6.45) is -1.44. The molecule has 24 nitrogen and oxygen atoms in total. The summed E-state index contributed by atoms with van der Waals surface area (Å²) in [5.41, 5.74) is 17.9. The monoisotopic (exact) mass is 1970 g/mol. The van der Waals surface area contributed by atoms with Crippen LogP contribution in [0.4, 0.5) is 0 Å². The molecule has 3 heterocycles. The number of esters is 3. The van der Waals surface area contributed by atoms with Crippen LogP contribution in [0.1, 0.15) is 68.2 Å². The van der Waals surface area contributed by atoms with Crippen molar-refractivity contribution < 1.29 is 73.4 Å². The molecule has 15 aromatic carbocycles. The molecule has 18 rings (SSSR count). The Bertz CT molecular complexity index is 7190. The quantitative estimate of drug-likeness (QED) is 0.0159. The Morgan fingerprint density at radius 3 is 0.662 bits per heavy atom. The number of carbonyl (C=O) groups is 3. The Morgan fingerprint density at radius 1 is 0.257 bits per heavy atom. The number of aromatic nitrogens is 9. The molecule has 0 fully saturated rings. The van der Waals surface area contributed by atoms with Gasteiger partial charge in [0.05, 0.1) is 49.7 Å². The van der Waals surface area contributed by atoms with Gasteiger partial charge < -0.3 is 59.1 Å². The predicted molar refractivity (Wildman–Crippen MR) is 576 cm³/mol. The van der Waals surface area contributed by atoms with E-state index in [-0.39, 0.29) is 97.5 Å². The standard InChI is InChI=1S/C43H41N3O5.C41H37N3O5.C40H35N3O5/c1-4-43(5-2,27-47)28-50-42(49)29(3)51-36-24-25-37(38(48)26-36)41-45-39(34-20-16-32(17-21-34)30-12-8-6-9-13-30)44-40(46-41)35-22-18-33(19-23-35)31-14-10-7-11-15-31;1-27(40(47)48-26-41(2,3)25-45)49-34-22-23-35(36(46)24-34)39-43-37(32-18-14-30(15-19-32)28-10-6-4-7-11-28)42-38(44-39)33-20-16-31(17-21-33)29-12-8-5-9-13-29;1-26(24-44)25-47-40(46)27(2)48-34-21-22-35(36(45)23-34)39-42-37(32-17-13-30(14-18-32)28-9-5-3-6-10-28)41-38(43-39)33-19-15-31(16-20-33)29-11-7-4-8-12-29/h6-26,29,47-48H,4-5,27-28H2,1-3H3;4-24,27,45-46H,25-26H2,1-3H3;3-23,26-27,44-45H,24-25H2,1-2H3. The smallest absolute Gasteiger partial charge is 0.347 e. The second kappa shape index (κ2) is 48.7. The highest BCUT2D eigenvalue weighted by molar-refractivity contribution is 5.82. The van der Waals surface area contributed by atoms with Crippen LogP contribution in [0.25, 0.3) is 169 Å². The fourth-order valence-corrected chi connectivity index (χ4v) is 15.9. The number of nitrogens with zero attached hydrogens (tertiary/aromatic N) is 9. The molecule has 3 aromatic heterocycles. The maximum absolute atomic E-state index is 12.7. The van der Waals surface area contributed by atoms with Gasteiger partial charge in [-0.3, -0.25) is 0 Å². The van der Waals surface area contributed by atoms with Crippen LogP contribution in [-0.2, 0) is 28.6 Å². The lowest BCUT2D eigenvalue weighted by atomic mass is 9.84. The summed E-state index contributed by atoms with van der Waals surface area (Å²) in [5, 5.41) is 62.0. The molecular formula is C124H113N9O15. The normalized spacial score (nSPS) is 12.0. The zero-order valence-electron chi connectivity index (χ0n) is 83.2. The number of carbonyl (C=O) groups excluding carboxylic acids is 3. The van der Waals surface area contributed by atoms with Crippen LogP contribution in [0.15, 0.2) is 382 Å². The minimum atomic E-state index is -0.937. The second-order valence-electron chi connectivity index (χ2n) is 36.7. The van der Waals surface area contributed by atoms with Crippen molar-refractivity contribution in [1.82, 2.24) is 44.9 Å². The van der Waals surface area contributed by atoms with Crippen molar-refractivity contribution >= 4 is 17.9 Å². The highest BCUT2D eigenvalue weighted by atomic mass is 16.6. The van der Waals surface area contributed by atoms with Crippen LogP contribution < -0.4 is 14.2 Å². The third kappa shape index (κ3) is 26.5. The zero-order valence-corrected chi connectivity index (χ0v) is 83.2. The van der Waals surface area contributed by atoms with E-state index in [9.17, 15) is 45.0 Å². The number of rotatable bonds is 35. The van der Waals surface area contributed by atoms with Gasteiger partial charge in [0.1, 0.15) is 34.5 Å². The van der Waals surface area contributed by atoms with Gasteiger partial charge in [-0.05, 0) is 137 Å². The third-order valence-electron chi connectivity index (χ3n) is 25.2. The van der Waals surface area contributed by atoms with E-state index in [0.717, 1.165) is 100 Å². The van der Waals surface area contributed by atoms with E-state index in [0.29, 0.717) is 64.5 Å². The Labute approximate surface area is 859 Å². The molecule has 4 unspecified atom stereocenters. The van der Waals surface area contributed by atoms with E-state index in [4.69, 9.17) is 73.3 Å². The van der Waals surface area contributed by atoms with E-state index < -0.39 is 47.0 Å². The van der Waals surface area contributed by atoms with Crippen LogP contribution in [-0.4, -0.2) is 151 Å². The highest BCUT2D eigenvalue weighted by Gasteiger charge is 2.31. The first kappa shape index (κ1) is 103. The van der Waals surface area contributed by atoms with Gasteiger partial charge in [0.2, 0.25) is 0 Å². The lowest BCUT2D eigenvalue weighted by Gasteiger charge is -2.29. The summed E-state index contributed by atoms with van der Waals surface area (Å²) in [4.78, 5) is 80.9. The van der Waals surface area contributed by atoms with Gasteiger partial charge >= 0.3 is 17.9 Å². The lowest BCUT2D eigenvalue weighted by Crippen LogP contribution is -2.34. The van der Waals surface area contributed by atoms with Crippen LogP contribution in [0.3, 0.4) is 0 Å². The molecule has 0 aliphatic rings. The number of aliphatic hydroxyl groups is 3. The van der Waals surface area contributed by atoms with Gasteiger partial charge in [-0.2, -0.15) is 0 Å². The zero-order chi connectivity index (χ0) is 104. The molecule has 0 spiro atoms. The Balaban J connectivity index is 0.000000158. The number of phenols is 3. The summed E-state index contributed by atoms with van der Waals surface area (Å²) in [7, 11) is 0. The molecule has 6 N–H and O–H groups in total. The molecule has 0 bridgehead atoms. The number of aliphatic hydroxyl groups excluding tert-OH is 3. The average molecular weight is 1970 g/mol. The molecule has 0 aliphatic heterocycles. The van der Waals surface area contributed by atoms with E-state index >= 15 is 0 Å².